The lowest BCUT2D eigenvalue weighted by Gasteiger charge is -2.34. The maximum absolute atomic E-state index is 13.9. The first-order valence-electron chi connectivity index (χ1n) is 13.1. The Bertz CT molecular complexity index is 1880. The highest BCUT2D eigenvalue weighted by molar-refractivity contribution is 7.92. The lowest BCUT2D eigenvalue weighted by molar-refractivity contribution is 0.0691. The van der Waals surface area contributed by atoms with E-state index in [0.717, 1.165) is 31.9 Å². The van der Waals surface area contributed by atoms with Gasteiger partial charge in [-0.25, -0.2) is 22.6 Å². The summed E-state index contributed by atoms with van der Waals surface area (Å²) in [5.41, 5.74) is 3.30. The number of benzene rings is 3. The Morgan fingerprint density at radius 1 is 0.951 bits per heavy atom. The summed E-state index contributed by atoms with van der Waals surface area (Å²) in [6.45, 7) is 3.69. The van der Waals surface area contributed by atoms with Crippen LogP contribution in [0.1, 0.15) is 10.5 Å². The maximum atomic E-state index is 13.9. The summed E-state index contributed by atoms with van der Waals surface area (Å²) in [5.74, 6) is -1.61. The van der Waals surface area contributed by atoms with Gasteiger partial charge in [0.2, 0.25) is 0 Å². The van der Waals surface area contributed by atoms with E-state index in [1.165, 1.54) is 29.6 Å². The number of carboxylic acid groups (broad SMARTS) is 1. The van der Waals surface area contributed by atoms with Crippen LogP contribution in [0.25, 0.3) is 33.1 Å². The van der Waals surface area contributed by atoms with Crippen molar-refractivity contribution in [2.75, 3.05) is 49.5 Å². The normalized spacial score (nSPS) is 14.6. The molecule has 0 spiro atoms. The number of halogens is 1. The molecule has 0 amide bonds. The van der Waals surface area contributed by atoms with E-state index in [4.69, 9.17) is 0 Å². The van der Waals surface area contributed by atoms with Crippen molar-refractivity contribution in [2.45, 2.75) is 4.90 Å². The molecule has 0 bridgehead atoms. The molecule has 1 aliphatic heterocycles. The summed E-state index contributed by atoms with van der Waals surface area (Å²) in [7, 11) is -0.249. The number of piperazine rings is 1. The van der Waals surface area contributed by atoms with Crippen molar-refractivity contribution < 1.29 is 22.7 Å². The molecule has 210 valence electrons. The SMILES string of the molecule is CN1CCN(c2ccc(S(=O)(=O)N(C)c3ccc(-c4nc(C(=O)O)cc5c4[nH]c4cc(F)ccc45)cc3)cc2)CC1. The van der Waals surface area contributed by atoms with Crippen molar-refractivity contribution in [3.8, 4) is 11.3 Å². The van der Waals surface area contributed by atoms with Crippen LogP contribution in [0.15, 0.2) is 77.7 Å². The Morgan fingerprint density at radius 2 is 1.63 bits per heavy atom. The third-order valence-electron chi connectivity index (χ3n) is 7.64. The molecule has 41 heavy (non-hydrogen) atoms. The fourth-order valence-corrected chi connectivity index (χ4v) is 6.41. The van der Waals surface area contributed by atoms with Crippen LogP contribution >= 0.6 is 0 Å². The molecular formula is C30H28FN5O4S. The van der Waals surface area contributed by atoms with Gasteiger partial charge in [-0.2, -0.15) is 0 Å². The van der Waals surface area contributed by atoms with Crippen LogP contribution < -0.4 is 9.21 Å². The van der Waals surface area contributed by atoms with Gasteiger partial charge in [-0.3, -0.25) is 4.31 Å². The predicted molar refractivity (Wildman–Crippen MR) is 158 cm³/mol. The molecule has 9 nitrogen and oxygen atoms in total. The fourth-order valence-electron chi connectivity index (χ4n) is 5.21. The predicted octanol–water partition coefficient (Wildman–Crippen LogP) is 4.80. The van der Waals surface area contributed by atoms with Gasteiger partial charge in [-0.15, -0.1) is 0 Å². The third-order valence-corrected chi connectivity index (χ3v) is 9.44. The second kappa shape index (κ2) is 10.2. The standard InChI is InChI=1S/C30H28FN5O4S/c1-34-13-15-36(16-14-34)22-8-10-23(11-9-22)41(39,40)35(2)21-6-3-19(4-7-21)28-29-25(18-27(33-28)30(37)38)24-12-5-20(31)17-26(24)32-29/h3-12,17-18,32H,13-16H2,1-2H3,(H,37,38). The minimum Gasteiger partial charge on any atom is -0.477 e. The zero-order valence-corrected chi connectivity index (χ0v) is 23.3. The van der Waals surface area contributed by atoms with Gasteiger partial charge in [0.25, 0.3) is 10.0 Å². The van der Waals surface area contributed by atoms with Crippen molar-refractivity contribution in [2.24, 2.45) is 0 Å². The van der Waals surface area contributed by atoms with Gasteiger partial charge in [-0.1, -0.05) is 12.1 Å². The van der Waals surface area contributed by atoms with Gasteiger partial charge in [0.05, 0.1) is 21.8 Å². The van der Waals surface area contributed by atoms with Crippen molar-refractivity contribution in [1.29, 1.82) is 0 Å². The average molecular weight is 574 g/mol. The molecule has 1 aliphatic rings. The van der Waals surface area contributed by atoms with Crippen LogP contribution in [-0.2, 0) is 10.0 Å². The van der Waals surface area contributed by atoms with Gasteiger partial charge in [0, 0.05) is 60.8 Å². The highest BCUT2D eigenvalue weighted by Gasteiger charge is 2.23. The van der Waals surface area contributed by atoms with Gasteiger partial charge < -0.3 is 19.9 Å². The van der Waals surface area contributed by atoms with Crippen LogP contribution in [0.2, 0.25) is 0 Å². The molecule has 6 rings (SSSR count). The molecule has 2 aromatic heterocycles. The number of rotatable bonds is 6. The molecule has 11 heteroatoms. The molecule has 1 saturated heterocycles. The van der Waals surface area contributed by atoms with Gasteiger partial charge in [0.15, 0.2) is 0 Å². The first-order valence-corrected chi connectivity index (χ1v) is 14.5. The number of anilines is 2. The molecule has 1 fully saturated rings. The van der Waals surface area contributed by atoms with Crippen LogP contribution in [0.3, 0.4) is 0 Å². The first kappa shape index (κ1) is 26.7. The van der Waals surface area contributed by atoms with Crippen LogP contribution in [0.4, 0.5) is 15.8 Å². The summed E-state index contributed by atoms with van der Waals surface area (Å²) >= 11 is 0. The van der Waals surface area contributed by atoms with E-state index in [1.54, 1.807) is 42.5 Å². The summed E-state index contributed by atoms with van der Waals surface area (Å²) < 4.78 is 41.9. The van der Waals surface area contributed by atoms with E-state index in [0.29, 0.717) is 38.8 Å². The zero-order valence-electron chi connectivity index (χ0n) is 22.5. The lowest BCUT2D eigenvalue weighted by Crippen LogP contribution is -2.44. The molecule has 5 aromatic rings. The molecular weight excluding hydrogens is 545 g/mol. The number of nitrogens with zero attached hydrogens (tertiary/aromatic N) is 4. The van der Waals surface area contributed by atoms with Gasteiger partial charge in [-0.05, 0) is 67.7 Å². The molecule has 3 heterocycles. The second-order valence-corrected chi connectivity index (χ2v) is 12.2. The number of carbonyl (C=O) groups is 1. The van der Waals surface area contributed by atoms with E-state index in [2.05, 4.69) is 26.8 Å². The lowest BCUT2D eigenvalue weighted by atomic mass is 10.1. The van der Waals surface area contributed by atoms with E-state index in [-0.39, 0.29) is 10.6 Å². The topological polar surface area (TPSA) is 110 Å². The highest BCUT2D eigenvalue weighted by Crippen LogP contribution is 2.34. The van der Waals surface area contributed by atoms with Crippen molar-refractivity contribution in [3.63, 3.8) is 0 Å². The molecule has 0 atom stereocenters. The zero-order chi connectivity index (χ0) is 28.9. The summed E-state index contributed by atoms with van der Waals surface area (Å²) in [5, 5.41) is 11.0. The van der Waals surface area contributed by atoms with Gasteiger partial charge >= 0.3 is 5.97 Å². The molecule has 2 N–H and O–H groups in total. The quantitative estimate of drug-likeness (QED) is 0.300. The number of pyridine rings is 1. The van der Waals surface area contributed by atoms with Crippen LogP contribution in [0, 0.1) is 5.82 Å². The monoisotopic (exact) mass is 573 g/mol. The Labute approximate surface area is 236 Å². The number of fused-ring (bicyclic) bond motifs is 3. The number of sulfonamides is 1. The Kier molecular flexibility index (Phi) is 6.63. The van der Waals surface area contributed by atoms with Crippen LogP contribution in [-0.4, -0.2) is 74.6 Å². The smallest absolute Gasteiger partial charge is 0.354 e. The Morgan fingerprint density at radius 3 is 2.29 bits per heavy atom. The van der Waals surface area contributed by atoms with Crippen molar-refractivity contribution in [3.05, 3.63) is 84.3 Å². The van der Waals surface area contributed by atoms with Crippen molar-refractivity contribution >= 4 is 49.2 Å². The summed E-state index contributed by atoms with van der Waals surface area (Å²) in [6.07, 6.45) is 0. The molecule has 0 aliphatic carbocycles. The number of hydrogen-bond acceptors (Lipinski definition) is 6. The second-order valence-electron chi connectivity index (χ2n) is 10.2. The number of carboxylic acids is 1. The largest absolute Gasteiger partial charge is 0.477 e. The van der Waals surface area contributed by atoms with Gasteiger partial charge in [0.1, 0.15) is 11.5 Å². The van der Waals surface area contributed by atoms with E-state index in [9.17, 15) is 22.7 Å². The Hall–Kier alpha value is -4.48. The molecule has 0 saturated carbocycles. The number of aromatic amines is 1. The fraction of sp³-hybridized carbons (Fsp3) is 0.200. The maximum Gasteiger partial charge on any atom is 0.354 e. The molecule has 0 unspecified atom stereocenters. The van der Waals surface area contributed by atoms with Crippen molar-refractivity contribution in [1.82, 2.24) is 14.9 Å². The number of H-pyrrole nitrogens is 1. The number of hydrogen-bond donors (Lipinski definition) is 2. The number of aromatic nitrogens is 2. The summed E-state index contributed by atoms with van der Waals surface area (Å²) in [4.78, 5) is 24.0. The van der Waals surface area contributed by atoms with Crippen LogP contribution in [0.5, 0.6) is 0 Å². The Balaban J connectivity index is 1.31. The number of nitrogens with one attached hydrogen (secondary N) is 1. The first-order chi connectivity index (χ1) is 19.6. The highest BCUT2D eigenvalue weighted by atomic mass is 32.2. The minimum absolute atomic E-state index is 0.151. The van der Waals surface area contributed by atoms with E-state index < -0.39 is 21.8 Å². The third kappa shape index (κ3) is 4.87. The van der Waals surface area contributed by atoms with E-state index in [1.807, 2.05) is 12.1 Å². The molecule has 0 radical (unpaired) electrons. The minimum atomic E-state index is -3.83. The average Bonchev–Trinajstić information content (AvgIpc) is 3.34. The number of likely N-dealkylation sites (N-methyl/N-ethyl adjacent to an activating group) is 1. The van der Waals surface area contributed by atoms with E-state index >= 15 is 0 Å². The number of aromatic carboxylic acids is 1. The summed E-state index contributed by atoms with van der Waals surface area (Å²) in [6, 6.07) is 19.3. The molecule has 3 aromatic carbocycles.